The van der Waals surface area contributed by atoms with Crippen LogP contribution in [0, 0.1) is 12.8 Å². The Bertz CT molecular complexity index is 585. The van der Waals surface area contributed by atoms with Crippen molar-refractivity contribution in [2.45, 2.75) is 20.8 Å². The third-order valence-corrected chi connectivity index (χ3v) is 3.75. The van der Waals surface area contributed by atoms with Crippen LogP contribution in [0.25, 0.3) is 17.0 Å². The molecule has 0 bridgehead atoms. The Balaban J connectivity index is 2.44. The summed E-state index contributed by atoms with van der Waals surface area (Å²) in [6.45, 7) is 6.47. The average Bonchev–Trinajstić information content (AvgIpc) is 2.35. The van der Waals surface area contributed by atoms with E-state index in [4.69, 9.17) is 0 Å². The Morgan fingerprint density at radius 2 is 2.06 bits per heavy atom. The van der Waals surface area contributed by atoms with Gasteiger partial charge in [-0.15, -0.1) is 0 Å². The van der Waals surface area contributed by atoms with Gasteiger partial charge >= 0.3 is 0 Å². The molecule has 0 aliphatic carbocycles. The zero-order valence-corrected chi connectivity index (χ0v) is 12.7. The molecule has 0 aliphatic heterocycles. The minimum absolute atomic E-state index is 0.566. The monoisotopic (exact) mass is 303 g/mol. The largest absolute Gasteiger partial charge is 0.253 e. The van der Waals surface area contributed by atoms with Gasteiger partial charge in [-0.2, -0.15) is 0 Å². The van der Waals surface area contributed by atoms with E-state index in [2.05, 4.69) is 71.2 Å². The standard InChI is InChI=1S/C16H18BrN/c1-11(2)15(10-17)9-13-5-7-16-14(8-13)6-4-12(3)18-16/h4-9,11H,10H2,1-3H3/b15-9+. The predicted molar refractivity (Wildman–Crippen MR) is 83.1 cm³/mol. The summed E-state index contributed by atoms with van der Waals surface area (Å²) in [6.07, 6.45) is 2.26. The third-order valence-electron chi connectivity index (χ3n) is 3.10. The molecule has 0 N–H and O–H groups in total. The van der Waals surface area contributed by atoms with E-state index in [0.717, 1.165) is 16.5 Å². The highest BCUT2D eigenvalue weighted by molar-refractivity contribution is 9.09. The zero-order valence-electron chi connectivity index (χ0n) is 11.1. The molecule has 0 radical (unpaired) electrons. The molecule has 0 aliphatic rings. The van der Waals surface area contributed by atoms with E-state index in [1.165, 1.54) is 16.5 Å². The molecule has 1 heterocycles. The molecule has 0 amide bonds. The summed E-state index contributed by atoms with van der Waals surface area (Å²) in [7, 11) is 0. The van der Waals surface area contributed by atoms with E-state index in [0.29, 0.717) is 5.92 Å². The fourth-order valence-electron chi connectivity index (χ4n) is 1.91. The first-order chi connectivity index (χ1) is 8.60. The van der Waals surface area contributed by atoms with Crippen molar-refractivity contribution < 1.29 is 0 Å². The summed E-state index contributed by atoms with van der Waals surface area (Å²) in [5.41, 5.74) is 4.79. The first kappa shape index (κ1) is 13.3. The minimum atomic E-state index is 0.566. The van der Waals surface area contributed by atoms with Crippen LogP contribution in [0.1, 0.15) is 25.1 Å². The van der Waals surface area contributed by atoms with Crippen LogP contribution in [-0.2, 0) is 0 Å². The topological polar surface area (TPSA) is 12.9 Å². The van der Waals surface area contributed by atoms with E-state index in [1.807, 2.05) is 6.92 Å². The van der Waals surface area contributed by atoms with Crippen LogP contribution in [0.3, 0.4) is 0 Å². The van der Waals surface area contributed by atoms with E-state index in [9.17, 15) is 0 Å². The fourth-order valence-corrected chi connectivity index (χ4v) is 2.72. The number of hydrogen-bond donors (Lipinski definition) is 0. The van der Waals surface area contributed by atoms with Crippen molar-refractivity contribution in [3.05, 3.63) is 47.2 Å². The molecule has 2 aromatic rings. The number of hydrogen-bond acceptors (Lipinski definition) is 1. The summed E-state index contributed by atoms with van der Waals surface area (Å²) in [6, 6.07) is 10.6. The second-order valence-electron chi connectivity index (χ2n) is 4.91. The van der Waals surface area contributed by atoms with Gasteiger partial charge in [-0.05, 0) is 36.6 Å². The Labute approximate surface area is 117 Å². The van der Waals surface area contributed by atoms with Crippen molar-refractivity contribution in [3.8, 4) is 0 Å². The Morgan fingerprint density at radius 3 is 2.72 bits per heavy atom. The smallest absolute Gasteiger partial charge is 0.0705 e. The SMILES string of the molecule is Cc1ccc2cc(/C=C(\CBr)C(C)C)ccc2n1. The predicted octanol–water partition coefficient (Wildman–Crippen LogP) is 4.98. The zero-order chi connectivity index (χ0) is 13.1. The normalized spacial score (nSPS) is 12.4. The molecule has 0 saturated carbocycles. The van der Waals surface area contributed by atoms with E-state index < -0.39 is 0 Å². The Kier molecular flexibility index (Phi) is 4.18. The number of rotatable bonds is 3. The number of benzene rings is 1. The molecule has 0 spiro atoms. The number of alkyl halides is 1. The number of fused-ring (bicyclic) bond motifs is 1. The van der Waals surface area contributed by atoms with Gasteiger partial charge in [0.15, 0.2) is 0 Å². The molecule has 0 saturated heterocycles. The van der Waals surface area contributed by atoms with Gasteiger partial charge in [-0.25, -0.2) is 0 Å². The van der Waals surface area contributed by atoms with E-state index >= 15 is 0 Å². The van der Waals surface area contributed by atoms with Crippen LogP contribution in [0.5, 0.6) is 0 Å². The lowest BCUT2D eigenvalue weighted by Crippen LogP contribution is -1.94. The van der Waals surface area contributed by atoms with Crippen molar-refractivity contribution in [3.63, 3.8) is 0 Å². The van der Waals surface area contributed by atoms with Crippen molar-refractivity contribution in [2.24, 2.45) is 5.92 Å². The van der Waals surface area contributed by atoms with Crippen molar-refractivity contribution in [2.75, 3.05) is 5.33 Å². The van der Waals surface area contributed by atoms with Crippen LogP contribution >= 0.6 is 15.9 Å². The molecule has 2 heteroatoms. The van der Waals surface area contributed by atoms with Crippen molar-refractivity contribution in [1.82, 2.24) is 4.98 Å². The van der Waals surface area contributed by atoms with Gasteiger partial charge in [0.2, 0.25) is 0 Å². The first-order valence-electron chi connectivity index (χ1n) is 6.24. The maximum absolute atomic E-state index is 4.52. The molecule has 1 aromatic heterocycles. The lowest BCUT2D eigenvalue weighted by atomic mass is 10.0. The molecule has 1 nitrogen and oxygen atoms in total. The average molecular weight is 304 g/mol. The van der Waals surface area contributed by atoms with Gasteiger partial charge in [0.05, 0.1) is 5.52 Å². The first-order valence-corrected chi connectivity index (χ1v) is 7.36. The van der Waals surface area contributed by atoms with Crippen LogP contribution in [0.15, 0.2) is 35.9 Å². The molecule has 0 unspecified atom stereocenters. The van der Waals surface area contributed by atoms with Gasteiger partial charge in [0.25, 0.3) is 0 Å². The molecule has 1 aromatic carbocycles. The highest BCUT2D eigenvalue weighted by Crippen LogP contribution is 2.20. The molecular weight excluding hydrogens is 286 g/mol. The second kappa shape index (κ2) is 5.66. The highest BCUT2D eigenvalue weighted by Gasteiger charge is 2.02. The summed E-state index contributed by atoms with van der Waals surface area (Å²) in [5, 5.41) is 2.13. The lowest BCUT2D eigenvalue weighted by Gasteiger charge is -2.08. The van der Waals surface area contributed by atoms with Gasteiger partial charge in [-0.1, -0.05) is 53.6 Å². The summed E-state index contributed by atoms with van der Waals surface area (Å²) >= 11 is 3.55. The number of allylic oxidation sites excluding steroid dienone is 1. The fraction of sp³-hybridized carbons (Fsp3) is 0.312. The molecular formula is C16H18BrN. The van der Waals surface area contributed by atoms with Gasteiger partial charge in [0, 0.05) is 16.4 Å². The number of halogens is 1. The van der Waals surface area contributed by atoms with E-state index in [-0.39, 0.29) is 0 Å². The Morgan fingerprint density at radius 1 is 1.28 bits per heavy atom. The quantitative estimate of drug-likeness (QED) is 0.729. The number of aryl methyl sites for hydroxylation is 1. The molecule has 0 atom stereocenters. The third kappa shape index (κ3) is 2.99. The molecule has 18 heavy (non-hydrogen) atoms. The maximum atomic E-state index is 4.52. The van der Waals surface area contributed by atoms with Crippen molar-refractivity contribution >= 4 is 32.9 Å². The minimum Gasteiger partial charge on any atom is -0.253 e. The van der Waals surface area contributed by atoms with Crippen LogP contribution in [-0.4, -0.2) is 10.3 Å². The highest BCUT2D eigenvalue weighted by atomic mass is 79.9. The van der Waals surface area contributed by atoms with E-state index in [1.54, 1.807) is 0 Å². The van der Waals surface area contributed by atoms with Crippen LogP contribution in [0.2, 0.25) is 0 Å². The summed E-state index contributed by atoms with van der Waals surface area (Å²) in [4.78, 5) is 4.52. The molecule has 94 valence electrons. The number of nitrogens with zero attached hydrogens (tertiary/aromatic N) is 1. The second-order valence-corrected chi connectivity index (χ2v) is 5.47. The van der Waals surface area contributed by atoms with Gasteiger partial charge in [0.1, 0.15) is 0 Å². The van der Waals surface area contributed by atoms with Crippen LogP contribution < -0.4 is 0 Å². The van der Waals surface area contributed by atoms with Gasteiger partial charge in [-0.3, -0.25) is 4.98 Å². The van der Waals surface area contributed by atoms with Crippen LogP contribution in [0.4, 0.5) is 0 Å². The number of pyridine rings is 1. The van der Waals surface area contributed by atoms with Gasteiger partial charge < -0.3 is 0 Å². The molecule has 0 fully saturated rings. The number of aromatic nitrogens is 1. The Hall–Kier alpha value is -1.15. The summed E-state index contributed by atoms with van der Waals surface area (Å²) in [5.74, 6) is 0.566. The maximum Gasteiger partial charge on any atom is 0.0705 e. The lowest BCUT2D eigenvalue weighted by molar-refractivity contribution is 0.781. The summed E-state index contributed by atoms with van der Waals surface area (Å²) < 4.78 is 0. The van der Waals surface area contributed by atoms with Crippen molar-refractivity contribution in [1.29, 1.82) is 0 Å². The molecule has 2 rings (SSSR count).